The Bertz CT molecular complexity index is 813. The number of thiocarbonyl (C=S) groups is 1. The minimum atomic E-state index is -0.451. The highest BCUT2D eigenvalue weighted by molar-refractivity contribution is 7.80. The van der Waals surface area contributed by atoms with Crippen molar-refractivity contribution >= 4 is 46.6 Å². The van der Waals surface area contributed by atoms with Crippen molar-refractivity contribution in [1.82, 2.24) is 4.98 Å². The molecule has 3 aliphatic heterocycles. The third-order valence-corrected chi connectivity index (χ3v) is 6.98. The minimum Gasteiger partial charge on any atom is -0.520 e. The summed E-state index contributed by atoms with van der Waals surface area (Å²) in [5.41, 5.74) is 1.90. The Hall–Kier alpha value is -0.815. The number of piperidine rings is 3. The number of nitrogens with zero attached hydrogens (tertiary/aromatic N) is 2. The number of aryl methyl sites for hydroxylation is 1. The fraction of sp³-hybridized carbons (Fsp3) is 0.579. The number of fused-ring (bicyclic) bond motifs is 4. The van der Waals surface area contributed by atoms with Gasteiger partial charge in [-0.3, -0.25) is 0 Å². The first-order chi connectivity index (χ1) is 11.9. The Morgan fingerprint density at radius 1 is 1.44 bits per heavy atom. The molecule has 1 aromatic heterocycles. The number of hydrogen-bond acceptors (Lipinski definition) is 4. The average molecular weight is 374 g/mol. The van der Waals surface area contributed by atoms with Gasteiger partial charge in [0.2, 0.25) is 0 Å². The van der Waals surface area contributed by atoms with Crippen molar-refractivity contribution in [2.24, 2.45) is 5.92 Å². The highest BCUT2D eigenvalue weighted by Crippen LogP contribution is 2.41. The molecule has 3 fully saturated rings. The molecular weight excluding hydrogens is 347 g/mol. The molecule has 1 N–H and O–H groups in total. The van der Waals surface area contributed by atoms with E-state index in [1.165, 1.54) is 40.6 Å². The zero-order valence-corrected chi connectivity index (χ0v) is 15.8. The number of rotatable bonds is 5. The molecule has 0 amide bonds. The van der Waals surface area contributed by atoms with E-state index in [0.717, 1.165) is 41.2 Å². The molecule has 0 aliphatic carbocycles. The number of hydrogen-bond donors (Lipinski definition) is 1. The van der Waals surface area contributed by atoms with Gasteiger partial charge < -0.3 is 9.50 Å². The molecule has 3 saturated heterocycles. The normalized spacial score (nSPS) is 31.6. The summed E-state index contributed by atoms with van der Waals surface area (Å²) in [5, 5.41) is 12.4. The molecule has 4 heterocycles. The fourth-order valence-electron chi connectivity index (χ4n) is 4.20. The van der Waals surface area contributed by atoms with Crippen LogP contribution in [0.15, 0.2) is 18.2 Å². The van der Waals surface area contributed by atoms with E-state index in [-0.39, 0.29) is 7.98 Å². The zero-order valence-electron chi connectivity index (χ0n) is 14.1. The highest BCUT2D eigenvalue weighted by Gasteiger charge is 2.49. The molecule has 5 rings (SSSR count). The molecule has 1 unspecified atom stereocenters. The maximum Gasteiger partial charge on any atom is 0.169 e. The van der Waals surface area contributed by atoms with Gasteiger partial charge in [-0.2, -0.15) is 0 Å². The van der Waals surface area contributed by atoms with Gasteiger partial charge in [0.05, 0.1) is 21.8 Å². The maximum absolute atomic E-state index is 11.2. The number of aromatic nitrogens is 1. The Morgan fingerprint density at radius 3 is 2.92 bits per heavy atom. The van der Waals surface area contributed by atoms with E-state index in [1.54, 1.807) is 11.3 Å². The summed E-state index contributed by atoms with van der Waals surface area (Å²) in [4.78, 5) is 5.78. The lowest BCUT2D eigenvalue weighted by molar-refractivity contribution is -0.846. The predicted molar refractivity (Wildman–Crippen MR) is 112 cm³/mol. The first kappa shape index (κ1) is 17.6. The van der Waals surface area contributed by atoms with Crippen LogP contribution in [-0.4, -0.2) is 52.6 Å². The topological polar surface area (TPSA) is 33.1 Å². The monoisotopic (exact) mass is 374 g/mol. The van der Waals surface area contributed by atoms with E-state index < -0.39 is 5.60 Å². The average Bonchev–Trinajstić information content (AvgIpc) is 2.94. The molecule has 6 heteroatoms. The second-order valence-electron chi connectivity index (χ2n) is 7.45. The Labute approximate surface area is 160 Å². The summed E-state index contributed by atoms with van der Waals surface area (Å²) in [6, 6.07) is 6.41. The van der Waals surface area contributed by atoms with Gasteiger partial charge in [0.15, 0.2) is 7.98 Å². The number of quaternary nitrogens is 1. The van der Waals surface area contributed by atoms with Crippen LogP contribution in [0, 0.1) is 12.8 Å². The second-order valence-corrected chi connectivity index (χ2v) is 9.14. The van der Waals surface area contributed by atoms with Gasteiger partial charge in [0.1, 0.15) is 5.60 Å². The Morgan fingerprint density at radius 2 is 2.20 bits per heavy atom. The first-order valence-corrected chi connectivity index (χ1v) is 10.1. The molecule has 2 aromatic rings. The van der Waals surface area contributed by atoms with E-state index in [2.05, 4.69) is 25.1 Å². The van der Waals surface area contributed by atoms with Crippen molar-refractivity contribution in [3.05, 3.63) is 28.8 Å². The summed E-state index contributed by atoms with van der Waals surface area (Å²) < 4.78 is 2.54. The van der Waals surface area contributed by atoms with E-state index in [4.69, 9.17) is 17.2 Å². The largest absolute Gasteiger partial charge is 0.520 e. The van der Waals surface area contributed by atoms with Crippen LogP contribution < -0.4 is 0 Å². The lowest BCUT2D eigenvalue weighted by Crippen LogP contribution is -2.68. The van der Waals surface area contributed by atoms with Crippen molar-refractivity contribution in [2.75, 3.05) is 19.6 Å². The standard InChI is InChI=1S/C19H27BN2OS2/c1-13-2-3-16-17(10-13)25-18(21-16)11-15(24)4-7-19(23)12-22(20)8-5-14(19)6-9-22/h2-3,10,14,23H,4-9,11-12H2,1,20H3. The van der Waals surface area contributed by atoms with Crippen LogP contribution in [0.2, 0.25) is 0 Å². The Kier molecular flexibility index (Phi) is 4.51. The van der Waals surface area contributed by atoms with Crippen LogP contribution in [0.1, 0.15) is 36.3 Å². The second kappa shape index (κ2) is 6.41. The molecule has 3 nitrogen and oxygen atoms in total. The quantitative estimate of drug-likeness (QED) is 0.645. The molecule has 1 aromatic carbocycles. The zero-order chi connectivity index (χ0) is 17.7. The number of benzene rings is 1. The van der Waals surface area contributed by atoms with Crippen molar-refractivity contribution in [1.29, 1.82) is 0 Å². The minimum absolute atomic E-state index is 0.243. The lowest BCUT2D eigenvalue weighted by Gasteiger charge is -2.60. The van der Waals surface area contributed by atoms with Crippen LogP contribution in [0.4, 0.5) is 0 Å². The van der Waals surface area contributed by atoms with Crippen molar-refractivity contribution in [2.45, 2.75) is 44.6 Å². The fourth-order valence-corrected chi connectivity index (χ4v) is 5.63. The van der Waals surface area contributed by atoms with Gasteiger partial charge in [-0.1, -0.05) is 18.3 Å². The summed E-state index contributed by atoms with van der Waals surface area (Å²) in [5.74, 6) is 0.513. The van der Waals surface area contributed by atoms with Gasteiger partial charge in [-0.15, -0.1) is 11.3 Å². The molecule has 1 atom stereocenters. The predicted octanol–water partition coefficient (Wildman–Crippen LogP) is 2.55. The van der Waals surface area contributed by atoms with Gasteiger partial charge in [-0.25, -0.2) is 4.98 Å². The first-order valence-electron chi connectivity index (χ1n) is 8.84. The molecule has 0 saturated carbocycles. The van der Waals surface area contributed by atoms with Crippen molar-refractivity contribution in [3.63, 3.8) is 0 Å². The van der Waals surface area contributed by atoms with Crippen LogP contribution in [0.25, 0.3) is 10.2 Å². The van der Waals surface area contributed by atoms with Gasteiger partial charge >= 0.3 is 0 Å². The number of aliphatic hydroxyl groups is 1. The molecular formula is C19H27BN2OS2. The number of thiazole rings is 1. The Balaban J connectivity index is 1.39. The van der Waals surface area contributed by atoms with Crippen molar-refractivity contribution < 1.29 is 9.50 Å². The van der Waals surface area contributed by atoms with Crippen LogP contribution >= 0.6 is 23.6 Å². The molecule has 25 heavy (non-hydrogen) atoms. The van der Waals surface area contributed by atoms with Gasteiger partial charge in [0, 0.05) is 25.4 Å². The van der Waals surface area contributed by atoms with Crippen LogP contribution in [0.5, 0.6) is 0 Å². The SMILES string of the molecule is [BH3-][N+]12CCC(CC1)C(O)(CCC(=S)Cc1nc3ccc(C)cc3s1)C2. The van der Waals surface area contributed by atoms with Gasteiger partial charge in [0.25, 0.3) is 0 Å². The smallest absolute Gasteiger partial charge is 0.169 e. The molecule has 3 aliphatic rings. The van der Waals surface area contributed by atoms with E-state index in [9.17, 15) is 5.11 Å². The van der Waals surface area contributed by atoms with Crippen molar-refractivity contribution in [3.8, 4) is 0 Å². The summed E-state index contributed by atoms with van der Waals surface area (Å²) >= 11 is 7.42. The molecule has 0 spiro atoms. The molecule has 134 valence electrons. The summed E-state index contributed by atoms with van der Waals surface area (Å²) in [7, 11) is 0.243. The third kappa shape index (κ3) is 3.54. The maximum atomic E-state index is 11.2. The van der Waals surface area contributed by atoms with Crippen LogP contribution in [0.3, 0.4) is 0 Å². The summed E-state index contributed by atoms with van der Waals surface area (Å²) in [6.45, 7) is 5.80. The third-order valence-electron chi connectivity index (χ3n) is 5.62. The van der Waals surface area contributed by atoms with E-state index in [1.807, 2.05) is 0 Å². The van der Waals surface area contributed by atoms with Gasteiger partial charge in [-0.05, 0) is 55.2 Å². The molecule has 0 radical (unpaired) electrons. The molecule has 2 bridgehead atoms. The summed E-state index contributed by atoms with van der Waals surface area (Å²) in [6.07, 6.45) is 4.94. The van der Waals surface area contributed by atoms with Crippen LogP contribution in [-0.2, 0) is 6.42 Å². The van der Waals surface area contributed by atoms with E-state index in [0.29, 0.717) is 5.92 Å². The van der Waals surface area contributed by atoms with E-state index >= 15 is 0 Å². The highest BCUT2D eigenvalue weighted by atomic mass is 32.1. The lowest BCUT2D eigenvalue weighted by atomic mass is 9.69.